The minimum Gasteiger partial charge on any atom is -0.330 e. The van der Waals surface area contributed by atoms with Gasteiger partial charge < -0.3 is 5.73 Å². The van der Waals surface area contributed by atoms with Gasteiger partial charge in [-0.05, 0) is 34.9 Å². The molecule has 0 fully saturated rings. The van der Waals surface area contributed by atoms with Crippen molar-refractivity contribution >= 4 is 21.4 Å². The average Bonchev–Trinajstić information content (AvgIpc) is 2.73. The lowest BCUT2D eigenvalue weighted by Crippen LogP contribution is -2.30. The second-order valence-electron chi connectivity index (χ2n) is 5.12. The number of halogens is 1. The second-order valence-corrected chi connectivity index (χ2v) is 6.03. The molecule has 0 aliphatic carbocycles. The molecule has 3 heteroatoms. The molecule has 0 saturated heterocycles. The minimum atomic E-state index is -0.854. The van der Waals surface area contributed by atoms with Gasteiger partial charge in [-0.2, -0.15) is 0 Å². The van der Waals surface area contributed by atoms with E-state index in [4.69, 9.17) is 5.73 Å². The number of alkyl halides is 1. The van der Waals surface area contributed by atoms with Crippen molar-refractivity contribution in [2.24, 2.45) is 17.6 Å². The second kappa shape index (κ2) is 5.81. The van der Waals surface area contributed by atoms with E-state index in [1.54, 1.807) is 11.3 Å². The Labute approximate surface area is 112 Å². The molecule has 2 rings (SSSR count). The molecular formula is C15H20FNS. The van der Waals surface area contributed by atoms with Crippen LogP contribution in [0.5, 0.6) is 0 Å². The van der Waals surface area contributed by atoms with Gasteiger partial charge in [0.2, 0.25) is 0 Å². The highest BCUT2D eigenvalue weighted by Crippen LogP contribution is 2.29. The molecule has 1 aromatic carbocycles. The monoisotopic (exact) mass is 265 g/mol. The fourth-order valence-electron chi connectivity index (χ4n) is 2.39. The van der Waals surface area contributed by atoms with E-state index in [1.165, 1.54) is 10.1 Å². The summed E-state index contributed by atoms with van der Waals surface area (Å²) in [6.07, 6.45) is -0.377. The minimum absolute atomic E-state index is 0.0522. The molecule has 2 atom stereocenters. The van der Waals surface area contributed by atoms with E-state index in [-0.39, 0.29) is 11.8 Å². The zero-order chi connectivity index (χ0) is 13.1. The van der Waals surface area contributed by atoms with Gasteiger partial charge in [-0.3, -0.25) is 0 Å². The van der Waals surface area contributed by atoms with Crippen LogP contribution in [-0.4, -0.2) is 12.7 Å². The molecule has 1 heterocycles. The van der Waals surface area contributed by atoms with Gasteiger partial charge in [-0.25, -0.2) is 4.39 Å². The summed E-state index contributed by atoms with van der Waals surface area (Å²) in [5.74, 6) is 0.235. The molecular weight excluding hydrogens is 245 g/mol. The van der Waals surface area contributed by atoms with E-state index in [2.05, 4.69) is 17.5 Å². The SMILES string of the molecule is CC(C)C(CN)C(F)Cc1csc2ccccc12. The summed E-state index contributed by atoms with van der Waals surface area (Å²) in [6.45, 7) is 4.49. The highest BCUT2D eigenvalue weighted by atomic mass is 32.1. The third-order valence-electron chi connectivity index (χ3n) is 3.57. The number of rotatable bonds is 5. The summed E-state index contributed by atoms with van der Waals surface area (Å²) in [5.41, 5.74) is 6.79. The summed E-state index contributed by atoms with van der Waals surface area (Å²) in [7, 11) is 0. The van der Waals surface area contributed by atoms with E-state index in [9.17, 15) is 4.39 Å². The molecule has 0 bridgehead atoms. The van der Waals surface area contributed by atoms with Crippen LogP contribution < -0.4 is 5.73 Å². The topological polar surface area (TPSA) is 26.0 Å². The molecule has 1 aromatic heterocycles. The first-order valence-electron chi connectivity index (χ1n) is 6.42. The summed E-state index contributed by atoms with van der Waals surface area (Å²) in [5, 5.41) is 3.26. The summed E-state index contributed by atoms with van der Waals surface area (Å²) in [4.78, 5) is 0. The van der Waals surface area contributed by atoms with Crippen LogP contribution in [0.3, 0.4) is 0 Å². The van der Waals surface area contributed by atoms with Crippen LogP contribution in [-0.2, 0) is 6.42 Å². The zero-order valence-electron chi connectivity index (χ0n) is 10.9. The third kappa shape index (κ3) is 2.73. The Morgan fingerprint density at radius 2 is 2.00 bits per heavy atom. The largest absolute Gasteiger partial charge is 0.330 e. The van der Waals surface area contributed by atoms with Crippen molar-refractivity contribution in [3.63, 3.8) is 0 Å². The maximum atomic E-state index is 14.3. The molecule has 0 aliphatic rings. The molecule has 1 nitrogen and oxygen atoms in total. The van der Waals surface area contributed by atoms with Crippen LogP contribution in [0, 0.1) is 11.8 Å². The van der Waals surface area contributed by atoms with E-state index < -0.39 is 6.17 Å². The molecule has 18 heavy (non-hydrogen) atoms. The lowest BCUT2D eigenvalue weighted by atomic mass is 9.88. The van der Waals surface area contributed by atoms with Gasteiger partial charge in [0.15, 0.2) is 0 Å². The highest BCUT2D eigenvalue weighted by molar-refractivity contribution is 7.17. The molecule has 98 valence electrons. The van der Waals surface area contributed by atoms with Crippen molar-refractivity contribution in [1.29, 1.82) is 0 Å². The van der Waals surface area contributed by atoms with Gasteiger partial charge in [0, 0.05) is 17.0 Å². The van der Waals surface area contributed by atoms with Crippen molar-refractivity contribution < 1.29 is 4.39 Å². The molecule has 2 unspecified atom stereocenters. The maximum Gasteiger partial charge on any atom is 0.108 e. The van der Waals surface area contributed by atoms with Crippen LogP contribution >= 0.6 is 11.3 Å². The molecule has 0 radical (unpaired) electrons. The van der Waals surface area contributed by atoms with E-state index in [0.29, 0.717) is 13.0 Å². The lowest BCUT2D eigenvalue weighted by molar-refractivity contribution is 0.186. The summed E-state index contributed by atoms with van der Waals surface area (Å²) in [6, 6.07) is 8.18. The smallest absolute Gasteiger partial charge is 0.108 e. The van der Waals surface area contributed by atoms with E-state index in [1.807, 2.05) is 26.0 Å². The summed E-state index contributed by atoms with van der Waals surface area (Å²) < 4.78 is 15.6. The molecule has 0 amide bonds. The van der Waals surface area contributed by atoms with Crippen molar-refractivity contribution in [1.82, 2.24) is 0 Å². The van der Waals surface area contributed by atoms with Crippen LogP contribution in [0.15, 0.2) is 29.6 Å². The zero-order valence-corrected chi connectivity index (χ0v) is 11.7. The standard InChI is InChI=1S/C15H20FNS/c1-10(2)13(8-17)14(16)7-11-9-18-15-6-4-3-5-12(11)15/h3-6,9-10,13-14H,7-8,17H2,1-2H3. The fourth-order valence-corrected chi connectivity index (χ4v) is 3.37. The third-order valence-corrected chi connectivity index (χ3v) is 4.58. The van der Waals surface area contributed by atoms with Crippen molar-refractivity contribution in [2.75, 3.05) is 6.54 Å². The van der Waals surface area contributed by atoms with Gasteiger partial charge in [-0.1, -0.05) is 32.0 Å². The Balaban J connectivity index is 2.18. The molecule has 0 aliphatic heterocycles. The highest BCUT2D eigenvalue weighted by Gasteiger charge is 2.24. The van der Waals surface area contributed by atoms with Gasteiger partial charge in [0.25, 0.3) is 0 Å². The number of nitrogens with two attached hydrogens (primary N) is 1. The Bertz CT molecular complexity index is 506. The Kier molecular flexibility index (Phi) is 4.36. The van der Waals surface area contributed by atoms with Crippen LogP contribution in [0.1, 0.15) is 19.4 Å². The number of benzene rings is 1. The quantitative estimate of drug-likeness (QED) is 0.868. The molecule has 0 saturated carbocycles. The Morgan fingerprint density at radius 3 is 2.67 bits per heavy atom. The van der Waals surface area contributed by atoms with Crippen LogP contribution in [0.2, 0.25) is 0 Å². The van der Waals surface area contributed by atoms with Crippen LogP contribution in [0.25, 0.3) is 10.1 Å². The van der Waals surface area contributed by atoms with E-state index in [0.717, 1.165) is 5.56 Å². The summed E-state index contributed by atoms with van der Waals surface area (Å²) >= 11 is 1.69. The fraction of sp³-hybridized carbons (Fsp3) is 0.467. The first-order valence-corrected chi connectivity index (χ1v) is 7.30. The normalized spacial score (nSPS) is 15.2. The van der Waals surface area contributed by atoms with Crippen LogP contribution in [0.4, 0.5) is 4.39 Å². The first-order chi connectivity index (χ1) is 8.63. The Hall–Kier alpha value is -0.930. The maximum absolute atomic E-state index is 14.3. The number of hydrogen-bond acceptors (Lipinski definition) is 2. The first kappa shape index (κ1) is 13.5. The van der Waals surface area contributed by atoms with Crippen molar-refractivity contribution in [2.45, 2.75) is 26.4 Å². The lowest BCUT2D eigenvalue weighted by Gasteiger charge is -2.22. The van der Waals surface area contributed by atoms with Crippen molar-refractivity contribution in [3.05, 3.63) is 35.2 Å². The number of thiophene rings is 1. The van der Waals surface area contributed by atoms with E-state index >= 15 is 0 Å². The molecule has 0 spiro atoms. The predicted octanol–water partition coefficient (Wildman–Crippen LogP) is 4.01. The molecule has 2 N–H and O–H groups in total. The Morgan fingerprint density at radius 1 is 1.28 bits per heavy atom. The average molecular weight is 265 g/mol. The van der Waals surface area contributed by atoms with Gasteiger partial charge >= 0.3 is 0 Å². The van der Waals surface area contributed by atoms with Gasteiger partial charge in [0.05, 0.1) is 0 Å². The number of fused-ring (bicyclic) bond motifs is 1. The van der Waals surface area contributed by atoms with Crippen molar-refractivity contribution in [3.8, 4) is 0 Å². The van der Waals surface area contributed by atoms with Gasteiger partial charge in [-0.15, -0.1) is 11.3 Å². The number of hydrogen-bond donors (Lipinski definition) is 1. The molecule has 2 aromatic rings. The van der Waals surface area contributed by atoms with Gasteiger partial charge in [0.1, 0.15) is 6.17 Å². The predicted molar refractivity (Wildman–Crippen MR) is 77.8 cm³/mol.